The number of rotatable bonds is 3. The lowest BCUT2D eigenvalue weighted by Gasteiger charge is -2.31. The van der Waals surface area contributed by atoms with Gasteiger partial charge in [0, 0.05) is 43.5 Å². The Balaban J connectivity index is 1.75. The van der Waals surface area contributed by atoms with Crippen LogP contribution in [0.3, 0.4) is 0 Å². The quantitative estimate of drug-likeness (QED) is 0.944. The van der Waals surface area contributed by atoms with Gasteiger partial charge in [-0.05, 0) is 18.9 Å². The van der Waals surface area contributed by atoms with Gasteiger partial charge < -0.3 is 9.88 Å². The minimum absolute atomic E-state index is 0.0134. The molecule has 1 aliphatic heterocycles. The third-order valence-corrected chi connectivity index (χ3v) is 4.02. The number of aromatic nitrogens is 4. The summed E-state index contributed by atoms with van der Waals surface area (Å²) < 4.78 is 0. The highest BCUT2D eigenvalue weighted by Gasteiger charge is 2.27. The van der Waals surface area contributed by atoms with Crippen LogP contribution in [0.2, 0.25) is 0 Å². The molecular formula is C16H21N5O. The molecule has 3 rings (SSSR count). The van der Waals surface area contributed by atoms with Crippen molar-refractivity contribution in [1.29, 1.82) is 0 Å². The second-order valence-electron chi connectivity index (χ2n) is 6.02. The summed E-state index contributed by atoms with van der Waals surface area (Å²) in [4.78, 5) is 30.7. The lowest BCUT2D eigenvalue weighted by molar-refractivity contribution is 0.0698. The van der Waals surface area contributed by atoms with Gasteiger partial charge in [-0.25, -0.2) is 15.0 Å². The molecular weight excluding hydrogens is 278 g/mol. The number of aromatic amines is 1. The maximum atomic E-state index is 12.7. The Morgan fingerprint density at radius 3 is 2.95 bits per heavy atom. The van der Waals surface area contributed by atoms with Crippen LogP contribution < -0.4 is 0 Å². The smallest absolute Gasteiger partial charge is 0.272 e. The molecule has 0 bridgehead atoms. The molecule has 22 heavy (non-hydrogen) atoms. The maximum Gasteiger partial charge on any atom is 0.272 e. The van der Waals surface area contributed by atoms with Crippen LogP contribution in [0.1, 0.15) is 60.7 Å². The van der Waals surface area contributed by atoms with Gasteiger partial charge in [-0.1, -0.05) is 13.8 Å². The van der Waals surface area contributed by atoms with E-state index in [9.17, 15) is 4.79 Å². The lowest BCUT2D eigenvalue weighted by atomic mass is 9.97. The Labute approximate surface area is 130 Å². The van der Waals surface area contributed by atoms with Crippen LogP contribution in [0.25, 0.3) is 0 Å². The van der Waals surface area contributed by atoms with Crippen molar-refractivity contribution < 1.29 is 4.79 Å². The van der Waals surface area contributed by atoms with E-state index in [2.05, 4.69) is 19.9 Å². The summed E-state index contributed by atoms with van der Waals surface area (Å²) in [5.41, 5.74) is 0.485. The molecule has 2 aromatic heterocycles. The molecule has 116 valence electrons. The number of nitrogens with zero attached hydrogens (tertiary/aromatic N) is 4. The molecule has 3 heterocycles. The number of imidazole rings is 1. The van der Waals surface area contributed by atoms with Gasteiger partial charge in [-0.3, -0.25) is 4.79 Å². The van der Waals surface area contributed by atoms with Gasteiger partial charge in [0.2, 0.25) is 0 Å². The summed E-state index contributed by atoms with van der Waals surface area (Å²) in [7, 11) is 0. The van der Waals surface area contributed by atoms with Crippen LogP contribution in [0.5, 0.6) is 0 Å². The number of carbonyl (C=O) groups excluding carboxylic acids is 1. The highest BCUT2D eigenvalue weighted by atomic mass is 16.2. The Hall–Kier alpha value is -2.24. The fourth-order valence-corrected chi connectivity index (χ4v) is 2.82. The van der Waals surface area contributed by atoms with E-state index in [-0.39, 0.29) is 17.7 Å². The average molecular weight is 299 g/mol. The Morgan fingerprint density at radius 2 is 2.23 bits per heavy atom. The number of amides is 1. The third kappa shape index (κ3) is 3.00. The van der Waals surface area contributed by atoms with Crippen molar-refractivity contribution in [3.05, 3.63) is 42.0 Å². The van der Waals surface area contributed by atoms with Gasteiger partial charge in [-0.15, -0.1) is 0 Å². The van der Waals surface area contributed by atoms with Crippen LogP contribution in [-0.4, -0.2) is 43.8 Å². The minimum Gasteiger partial charge on any atom is -0.348 e. The maximum absolute atomic E-state index is 12.7. The highest BCUT2D eigenvalue weighted by molar-refractivity contribution is 5.92. The zero-order valence-electron chi connectivity index (χ0n) is 13.0. The van der Waals surface area contributed by atoms with Gasteiger partial charge in [0.15, 0.2) is 0 Å². The topological polar surface area (TPSA) is 74.8 Å². The van der Waals surface area contributed by atoms with E-state index >= 15 is 0 Å². The zero-order valence-corrected chi connectivity index (χ0v) is 13.0. The van der Waals surface area contributed by atoms with Crippen LogP contribution in [0, 0.1) is 0 Å². The largest absolute Gasteiger partial charge is 0.348 e. The molecule has 0 radical (unpaired) electrons. The first kappa shape index (κ1) is 14.7. The van der Waals surface area contributed by atoms with Gasteiger partial charge in [0.05, 0.1) is 0 Å². The summed E-state index contributed by atoms with van der Waals surface area (Å²) in [6.45, 7) is 5.51. The first-order valence-corrected chi connectivity index (χ1v) is 7.76. The van der Waals surface area contributed by atoms with Gasteiger partial charge in [-0.2, -0.15) is 0 Å². The summed E-state index contributed by atoms with van der Waals surface area (Å²) in [6, 6.07) is 1.70. The van der Waals surface area contributed by atoms with E-state index in [4.69, 9.17) is 0 Å². The number of hydrogen-bond donors (Lipinski definition) is 1. The Bertz CT molecular complexity index is 638. The van der Waals surface area contributed by atoms with Crippen molar-refractivity contribution in [1.82, 2.24) is 24.8 Å². The van der Waals surface area contributed by atoms with Crippen molar-refractivity contribution in [2.75, 3.05) is 13.1 Å². The molecule has 1 fully saturated rings. The molecule has 0 aliphatic carbocycles. The van der Waals surface area contributed by atoms with Gasteiger partial charge >= 0.3 is 0 Å². The molecule has 1 aliphatic rings. The second kappa shape index (κ2) is 6.25. The number of carbonyl (C=O) groups is 1. The minimum atomic E-state index is -0.0134. The van der Waals surface area contributed by atoms with Crippen molar-refractivity contribution in [3.8, 4) is 0 Å². The summed E-state index contributed by atoms with van der Waals surface area (Å²) in [6.07, 6.45) is 7.30. The molecule has 1 amide bonds. The fourth-order valence-electron chi connectivity index (χ4n) is 2.82. The molecule has 0 spiro atoms. The number of nitrogens with one attached hydrogen (secondary N) is 1. The molecule has 1 atom stereocenters. The van der Waals surface area contributed by atoms with E-state index in [0.29, 0.717) is 18.1 Å². The summed E-state index contributed by atoms with van der Waals surface area (Å²) in [5, 5.41) is 0. The van der Waals surface area contributed by atoms with Gasteiger partial charge in [0.1, 0.15) is 17.3 Å². The van der Waals surface area contributed by atoms with Crippen LogP contribution in [-0.2, 0) is 0 Å². The van der Waals surface area contributed by atoms with Crippen LogP contribution in [0.15, 0.2) is 24.7 Å². The Morgan fingerprint density at radius 1 is 1.36 bits per heavy atom. The van der Waals surface area contributed by atoms with E-state index in [1.807, 2.05) is 24.9 Å². The average Bonchev–Trinajstić information content (AvgIpc) is 3.09. The monoisotopic (exact) mass is 299 g/mol. The predicted octanol–water partition coefficient (Wildman–Crippen LogP) is 2.34. The second-order valence-corrected chi connectivity index (χ2v) is 6.02. The van der Waals surface area contributed by atoms with Crippen molar-refractivity contribution in [2.24, 2.45) is 0 Å². The Kier molecular flexibility index (Phi) is 4.18. The van der Waals surface area contributed by atoms with E-state index < -0.39 is 0 Å². The summed E-state index contributed by atoms with van der Waals surface area (Å²) >= 11 is 0. The number of piperidine rings is 1. The standard InChI is InChI=1S/C16H21N5O/c1-11(2)14-17-6-5-13(20-14)16(22)21-9-3-4-12(10-21)15-18-7-8-19-15/h5-8,11-12H,3-4,9-10H2,1-2H3,(H,18,19). The molecule has 1 unspecified atom stereocenters. The van der Waals surface area contributed by atoms with E-state index in [1.165, 1.54) is 0 Å². The number of likely N-dealkylation sites (tertiary alicyclic amines) is 1. The van der Waals surface area contributed by atoms with Crippen molar-refractivity contribution in [3.63, 3.8) is 0 Å². The normalized spacial score (nSPS) is 18.7. The molecule has 1 saturated heterocycles. The fraction of sp³-hybridized carbons (Fsp3) is 0.500. The molecule has 6 nitrogen and oxygen atoms in total. The molecule has 1 N–H and O–H groups in total. The van der Waals surface area contributed by atoms with Crippen LogP contribution in [0.4, 0.5) is 0 Å². The van der Waals surface area contributed by atoms with Crippen molar-refractivity contribution >= 4 is 5.91 Å². The molecule has 2 aromatic rings. The predicted molar refractivity (Wildman–Crippen MR) is 82.6 cm³/mol. The molecule has 0 aromatic carbocycles. The van der Waals surface area contributed by atoms with Crippen LogP contribution >= 0.6 is 0 Å². The third-order valence-electron chi connectivity index (χ3n) is 4.02. The zero-order chi connectivity index (χ0) is 15.5. The molecule has 0 saturated carbocycles. The number of H-pyrrole nitrogens is 1. The lowest BCUT2D eigenvalue weighted by Crippen LogP contribution is -2.39. The summed E-state index contributed by atoms with van der Waals surface area (Å²) in [5.74, 6) is 2.15. The highest BCUT2D eigenvalue weighted by Crippen LogP contribution is 2.25. The van der Waals surface area contributed by atoms with E-state index in [1.54, 1.807) is 18.5 Å². The first-order chi connectivity index (χ1) is 10.6. The SMILES string of the molecule is CC(C)c1nccc(C(=O)N2CCCC(c3ncc[nH]3)C2)n1. The van der Waals surface area contributed by atoms with E-state index in [0.717, 1.165) is 25.2 Å². The van der Waals surface area contributed by atoms with Gasteiger partial charge in [0.25, 0.3) is 5.91 Å². The first-order valence-electron chi connectivity index (χ1n) is 7.76. The number of hydrogen-bond acceptors (Lipinski definition) is 4. The molecule has 6 heteroatoms. The van der Waals surface area contributed by atoms with Crippen molar-refractivity contribution in [2.45, 2.75) is 38.5 Å².